The van der Waals surface area contributed by atoms with E-state index in [-0.39, 0.29) is 18.3 Å². The molecule has 7 heteroatoms. The first-order valence-corrected chi connectivity index (χ1v) is 9.12. The first-order valence-electron chi connectivity index (χ1n) is 7.86. The number of ketones is 1. The second kappa shape index (κ2) is 7.80. The summed E-state index contributed by atoms with van der Waals surface area (Å²) in [6.07, 6.45) is 1.28. The highest BCUT2D eigenvalue weighted by molar-refractivity contribution is 7.12. The van der Waals surface area contributed by atoms with Crippen LogP contribution in [0, 0.1) is 0 Å². The van der Waals surface area contributed by atoms with Crippen LogP contribution in [-0.4, -0.2) is 41.8 Å². The number of hydrogen-bond acceptors (Lipinski definition) is 5. The van der Waals surface area contributed by atoms with Crippen molar-refractivity contribution in [2.24, 2.45) is 0 Å². The number of amides is 1. The topological polar surface area (TPSA) is 63.7 Å². The van der Waals surface area contributed by atoms with Crippen LogP contribution >= 0.6 is 22.9 Å². The summed E-state index contributed by atoms with van der Waals surface area (Å²) in [6.45, 7) is 0.166. The zero-order valence-electron chi connectivity index (χ0n) is 13.3. The van der Waals surface area contributed by atoms with Crippen molar-refractivity contribution >= 4 is 40.6 Å². The molecular weight excluding hydrogens is 362 g/mol. The number of hydrogen-bond donors (Lipinski definition) is 0. The van der Waals surface area contributed by atoms with E-state index in [0.717, 1.165) is 6.42 Å². The number of thiophene rings is 1. The van der Waals surface area contributed by atoms with E-state index in [4.69, 9.17) is 16.3 Å². The fourth-order valence-electron chi connectivity index (χ4n) is 2.75. The van der Waals surface area contributed by atoms with Crippen molar-refractivity contribution in [3.05, 3.63) is 57.2 Å². The summed E-state index contributed by atoms with van der Waals surface area (Å²) in [5.74, 6) is -1.01. The third kappa shape index (κ3) is 4.08. The third-order valence-electron chi connectivity index (χ3n) is 4.03. The zero-order valence-corrected chi connectivity index (χ0v) is 14.9. The quantitative estimate of drug-likeness (QED) is 0.591. The van der Waals surface area contributed by atoms with Gasteiger partial charge in [-0.25, -0.2) is 4.79 Å². The molecule has 1 saturated heterocycles. The molecule has 1 aromatic carbocycles. The lowest BCUT2D eigenvalue weighted by molar-refractivity contribution is -0.147. The monoisotopic (exact) mass is 377 g/mol. The van der Waals surface area contributed by atoms with Crippen LogP contribution in [0.4, 0.5) is 0 Å². The van der Waals surface area contributed by atoms with E-state index in [2.05, 4.69) is 0 Å². The molecule has 0 spiro atoms. The Morgan fingerprint density at radius 3 is 2.64 bits per heavy atom. The van der Waals surface area contributed by atoms with Crippen LogP contribution in [0.15, 0.2) is 41.8 Å². The molecule has 0 aliphatic carbocycles. The third-order valence-corrected chi connectivity index (χ3v) is 5.14. The summed E-state index contributed by atoms with van der Waals surface area (Å²) in [5.41, 5.74) is 0.426. The van der Waals surface area contributed by atoms with Crippen LogP contribution in [0.3, 0.4) is 0 Å². The Labute approximate surface area is 154 Å². The van der Waals surface area contributed by atoms with Crippen molar-refractivity contribution in [3.63, 3.8) is 0 Å². The predicted molar refractivity (Wildman–Crippen MR) is 95.1 cm³/mol. The highest BCUT2D eigenvalue weighted by Crippen LogP contribution is 2.23. The van der Waals surface area contributed by atoms with Crippen LogP contribution in [0.2, 0.25) is 5.02 Å². The Balaban J connectivity index is 1.59. The van der Waals surface area contributed by atoms with Crippen molar-refractivity contribution in [1.82, 2.24) is 4.90 Å². The summed E-state index contributed by atoms with van der Waals surface area (Å²) in [6, 6.07) is 9.28. The van der Waals surface area contributed by atoms with E-state index < -0.39 is 12.0 Å². The molecule has 0 unspecified atom stereocenters. The maximum Gasteiger partial charge on any atom is 0.329 e. The van der Waals surface area contributed by atoms with Gasteiger partial charge in [0.1, 0.15) is 6.04 Å². The molecule has 0 N–H and O–H groups in total. The SMILES string of the molecule is O=C(COC(=O)[C@H]1CCCN1C(=O)c1cccs1)c1ccc(Cl)cc1. The highest BCUT2D eigenvalue weighted by Gasteiger charge is 2.36. The van der Waals surface area contributed by atoms with Crippen LogP contribution < -0.4 is 0 Å². The lowest BCUT2D eigenvalue weighted by atomic mass is 10.1. The fourth-order valence-corrected chi connectivity index (χ4v) is 3.55. The number of halogens is 1. The van der Waals surface area contributed by atoms with Crippen LogP contribution in [0.1, 0.15) is 32.9 Å². The van der Waals surface area contributed by atoms with Gasteiger partial charge in [-0.05, 0) is 48.6 Å². The van der Waals surface area contributed by atoms with E-state index in [1.807, 2.05) is 5.38 Å². The molecular formula is C18H16ClNO4S. The number of ether oxygens (including phenoxy) is 1. The smallest absolute Gasteiger partial charge is 0.329 e. The van der Waals surface area contributed by atoms with Crippen molar-refractivity contribution < 1.29 is 19.1 Å². The number of rotatable bonds is 5. The van der Waals surface area contributed by atoms with Crippen LogP contribution in [-0.2, 0) is 9.53 Å². The number of carbonyl (C=O) groups excluding carboxylic acids is 3. The normalized spacial score (nSPS) is 16.7. The average molecular weight is 378 g/mol. The van der Waals surface area contributed by atoms with E-state index in [9.17, 15) is 14.4 Å². The van der Waals surface area contributed by atoms with E-state index >= 15 is 0 Å². The molecule has 1 atom stereocenters. The lowest BCUT2D eigenvalue weighted by Crippen LogP contribution is -2.41. The summed E-state index contributed by atoms with van der Waals surface area (Å²) < 4.78 is 5.16. The Hall–Kier alpha value is -2.18. The second-order valence-electron chi connectivity index (χ2n) is 5.67. The minimum atomic E-state index is -0.632. The maximum atomic E-state index is 12.5. The van der Waals surface area contributed by atoms with Gasteiger partial charge in [0.05, 0.1) is 4.88 Å². The van der Waals surface area contributed by atoms with Gasteiger partial charge < -0.3 is 9.64 Å². The molecule has 0 bridgehead atoms. The van der Waals surface area contributed by atoms with Gasteiger partial charge in [0.15, 0.2) is 12.4 Å². The van der Waals surface area contributed by atoms with Gasteiger partial charge in [-0.1, -0.05) is 17.7 Å². The van der Waals surface area contributed by atoms with Gasteiger partial charge in [-0.3, -0.25) is 9.59 Å². The lowest BCUT2D eigenvalue weighted by Gasteiger charge is -2.22. The summed E-state index contributed by atoms with van der Waals surface area (Å²) in [5, 5.41) is 2.35. The minimum absolute atomic E-state index is 0.168. The highest BCUT2D eigenvalue weighted by atomic mass is 35.5. The molecule has 3 rings (SSSR count). The fraction of sp³-hybridized carbons (Fsp3) is 0.278. The number of nitrogens with zero attached hydrogens (tertiary/aromatic N) is 1. The number of likely N-dealkylation sites (tertiary alicyclic amines) is 1. The van der Waals surface area contributed by atoms with Crippen molar-refractivity contribution in [2.45, 2.75) is 18.9 Å². The van der Waals surface area contributed by atoms with Gasteiger partial charge in [0.2, 0.25) is 0 Å². The molecule has 1 amide bonds. The second-order valence-corrected chi connectivity index (χ2v) is 7.06. The van der Waals surface area contributed by atoms with Gasteiger partial charge in [-0.2, -0.15) is 0 Å². The van der Waals surface area contributed by atoms with Gasteiger partial charge in [0, 0.05) is 17.1 Å². The van der Waals surface area contributed by atoms with Gasteiger partial charge in [-0.15, -0.1) is 11.3 Å². The summed E-state index contributed by atoms with van der Waals surface area (Å²) in [4.78, 5) is 39.0. The first kappa shape index (κ1) is 17.6. The molecule has 0 radical (unpaired) electrons. The largest absolute Gasteiger partial charge is 0.456 e. The molecule has 130 valence electrons. The molecule has 2 aromatic rings. The molecule has 25 heavy (non-hydrogen) atoms. The Bertz CT molecular complexity index is 773. The van der Waals surface area contributed by atoms with Gasteiger partial charge >= 0.3 is 5.97 Å². The van der Waals surface area contributed by atoms with Crippen molar-refractivity contribution in [2.75, 3.05) is 13.2 Å². The van der Waals surface area contributed by atoms with Gasteiger partial charge in [0.25, 0.3) is 5.91 Å². The van der Waals surface area contributed by atoms with E-state index in [1.54, 1.807) is 36.4 Å². The first-order chi connectivity index (χ1) is 12.1. The molecule has 1 aromatic heterocycles. The van der Waals surface area contributed by atoms with Crippen LogP contribution in [0.5, 0.6) is 0 Å². The summed E-state index contributed by atoms with van der Waals surface area (Å²) in [7, 11) is 0. The van der Waals surface area contributed by atoms with Crippen LogP contribution in [0.25, 0.3) is 0 Å². The minimum Gasteiger partial charge on any atom is -0.456 e. The standard InChI is InChI=1S/C18H16ClNO4S/c19-13-7-5-12(6-8-13)15(21)11-24-18(23)14-3-1-9-20(14)17(22)16-4-2-10-25-16/h2,4-8,10,14H,1,3,9,11H2/t14-/m1/s1. The Morgan fingerprint density at radius 1 is 1.20 bits per heavy atom. The molecule has 1 fully saturated rings. The predicted octanol–water partition coefficient (Wildman–Crippen LogP) is 3.43. The van der Waals surface area contributed by atoms with E-state index in [0.29, 0.717) is 28.4 Å². The zero-order chi connectivity index (χ0) is 17.8. The average Bonchev–Trinajstić information content (AvgIpc) is 3.30. The van der Waals surface area contributed by atoms with E-state index in [1.165, 1.54) is 16.2 Å². The molecule has 5 nitrogen and oxygen atoms in total. The maximum absolute atomic E-state index is 12.5. The molecule has 0 saturated carbocycles. The Morgan fingerprint density at radius 2 is 1.96 bits per heavy atom. The molecule has 1 aliphatic rings. The summed E-state index contributed by atoms with van der Waals surface area (Å²) >= 11 is 7.12. The number of carbonyl (C=O) groups is 3. The van der Waals surface area contributed by atoms with Crippen molar-refractivity contribution in [3.8, 4) is 0 Å². The molecule has 1 aliphatic heterocycles. The Kier molecular flexibility index (Phi) is 5.50. The number of benzene rings is 1. The molecule has 2 heterocycles. The number of esters is 1. The van der Waals surface area contributed by atoms with Crippen molar-refractivity contribution in [1.29, 1.82) is 0 Å². The number of Topliss-reactive ketones (excluding diaryl/α,β-unsaturated/α-hetero) is 1.